The fraction of sp³-hybridized carbons (Fsp3) is 0.562. The lowest BCUT2D eigenvalue weighted by atomic mass is 10.2. The molecule has 134 valence electrons. The van der Waals surface area contributed by atoms with Crippen LogP contribution in [0.25, 0.3) is 0 Å². The summed E-state index contributed by atoms with van der Waals surface area (Å²) in [6.45, 7) is 4.32. The van der Waals surface area contributed by atoms with E-state index in [1.54, 1.807) is 11.8 Å². The molecule has 1 heterocycles. The zero-order valence-electron chi connectivity index (χ0n) is 14.3. The van der Waals surface area contributed by atoms with E-state index in [2.05, 4.69) is 15.6 Å². The molecule has 1 aromatic carbocycles. The fourth-order valence-electron chi connectivity index (χ4n) is 2.60. The Morgan fingerprint density at radius 2 is 2.12 bits per heavy atom. The van der Waals surface area contributed by atoms with Gasteiger partial charge < -0.3 is 10.6 Å². The Morgan fingerprint density at radius 3 is 2.88 bits per heavy atom. The number of aliphatic imine (C=N–C) groups is 1. The Morgan fingerprint density at radius 1 is 1.33 bits per heavy atom. The highest BCUT2D eigenvalue weighted by Gasteiger charge is 2.28. The molecular formula is C16H26N4O2S2. The summed E-state index contributed by atoms with van der Waals surface area (Å²) in [5, 5.41) is 6.24. The number of hydrogen-bond donors (Lipinski definition) is 2. The van der Waals surface area contributed by atoms with Gasteiger partial charge in [0.05, 0.1) is 18.0 Å². The maximum Gasteiger partial charge on any atom is 0.236 e. The number of anilines is 1. The zero-order valence-corrected chi connectivity index (χ0v) is 15.9. The number of benzene rings is 1. The van der Waals surface area contributed by atoms with E-state index in [-0.39, 0.29) is 5.75 Å². The number of hydrogen-bond acceptors (Lipinski definition) is 4. The van der Waals surface area contributed by atoms with E-state index in [0.717, 1.165) is 30.0 Å². The van der Waals surface area contributed by atoms with Crippen molar-refractivity contribution in [2.45, 2.75) is 13.3 Å². The van der Waals surface area contributed by atoms with Crippen LogP contribution in [0.4, 0.5) is 5.69 Å². The van der Waals surface area contributed by atoms with E-state index in [9.17, 15) is 8.42 Å². The first-order valence-electron chi connectivity index (χ1n) is 8.18. The van der Waals surface area contributed by atoms with Crippen molar-refractivity contribution in [2.75, 3.05) is 48.2 Å². The molecule has 1 aromatic rings. The average molecular weight is 371 g/mol. The fourth-order valence-corrected chi connectivity index (χ4v) is 4.30. The van der Waals surface area contributed by atoms with Crippen molar-refractivity contribution < 1.29 is 8.42 Å². The smallest absolute Gasteiger partial charge is 0.236 e. The number of para-hydroxylation sites is 1. The lowest BCUT2D eigenvalue weighted by Crippen LogP contribution is -2.42. The molecule has 0 atom stereocenters. The number of nitrogens with zero attached hydrogens (tertiary/aromatic N) is 2. The van der Waals surface area contributed by atoms with Gasteiger partial charge in [-0.25, -0.2) is 8.42 Å². The molecule has 24 heavy (non-hydrogen) atoms. The van der Waals surface area contributed by atoms with E-state index in [1.807, 2.05) is 37.4 Å². The molecule has 1 aliphatic rings. The number of guanidine groups is 1. The first kappa shape index (κ1) is 18.9. The van der Waals surface area contributed by atoms with Crippen molar-refractivity contribution in [2.24, 2.45) is 4.99 Å². The van der Waals surface area contributed by atoms with Gasteiger partial charge in [-0.15, -0.1) is 0 Å². The average Bonchev–Trinajstić information content (AvgIpc) is 3.00. The van der Waals surface area contributed by atoms with Crippen LogP contribution in [0.5, 0.6) is 0 Å². The van der Waals surface area contributed by atoms with Gasteiger partial charge in [0.15, 0.2) is 5.96 Å². The predicted molar refractivity (Wildman–Crippen MR) is 104 cm³/mol. The van der Waals surface area contributed by atoms with Gasteiger partial charge in [-0.2, -0.15) is 11.8 Å². The number of thioether (sulfide) groups is 1. The number of fused-ring (bicyclic) bond motifs is 1. The molecule has 0 aliphatic carbocycles. The second kappa shape index (κ2) is 9.17. The second-order valence-electron chi connectivity index (χ2n) is 5.45. The molecular weight excluding hydrogens is 344 g/mol. The Hall–Kier alpha value is -1.41. The summed E-state index contributed by atoms with van der Waals surface area (Å²) >= 11 is 1.73. The molecule has 0 saturated carbocycles. The largest absolute Gasteiger partial charge is 0.357 e. The van der Waals surface area contributed by atoms with Crippen molar-refractivity contribution in [3.63, 3.8) is 0 Å². The van der Waals surface area contributed by atoms with Gasteiger partial charge in [-0.05, 0) is 31.2 Å². The Bertz CT molecular complexity index is 662. The first-order chi connectivity index (χ1) is 11.6. The third kappa shape index (κ3) is 5.04. The summed E-state index contributed by atoms with van der Waals surface area (Å²) in [7, 11) is -3.33. The Balaban J connectivity index is 1.92. The van der Waals surface area contributed by atoms with Crippen molar-refractivity contribution in [1.29, 1.82) is 0 Å². The first-order valence-corrected chi connectivity index (χ1v) is 11.2. The van der Waals surface area contributed by atoms with Gasteiger partial charge in [0.25, 0.3) is 0 Å². The maximum atomic E-state index is 12.6. The molecule has 0 amide bonds. The SMILES string of the molecule is CCNC(=NCCSC)NCCS(=O)(=O)N1CCc2ccccc21. The van der Waals surface area contributed by atoms with Crippen LogP contribution < -0.4 is 14.9 Å². The summed E-state index contributed by atoms with van der Waals surface area (Å²) in [4.78, 5) is 4.42. The van der Waals surface area contributed by atoms with Gasteiger partial charge in [0, 0.05) is 25.4 Å². The van der Waals surface area contributed by atoms with E-state index in [0.29, 0.717) is 25.6 Å². The van der Waals surface area contributed by atoms with Crippen LogP contribution >= 0.6 is 11.8 Å². The van der Waals surface area contributed by atoms with Gasteiger partial charge >= 0.3 is 0 Å². The molecule has 6 nitrogen and oxygen atoms in total. The topological polar surface area (TPSA) is 73.8 Å². The molecule has 0 bridgehead atoms. The maximum absolute atomic E-state index is 12.6. The molecule has 0 radical (unpaired) electrons. The van der Waals surface area contributed by atoms with Crippen LogP contribution in [0.3, 0.4) is 0 Å². The predicted octanol–water partition coefficient (Wildman–Crippen LogP) is 1.30. The Labute approximate surface area is 149 Å². The quantitative estimate of drug-likeness (QED) is 0.410. The summed E-state index contributed by atoms with van der Waals surface area (Å²) < 4.78 is 26.8. The minimum atomic E-state index is -3.33. The molecule has 0 fully saturated rings. The second-order valence-corrected chi connectivity index (χ2v) is 8.45. The molecule has 0 saturated heterocycles. The number of sulfonamides is 1. The summed E-state index contributed by atoms with van der Waals surface area (Å²) in [6, 6.07) is 7.70. The van der Waals surface area contributed by atoms with Crippen LogP contribution in [-0.4, -0.2) is 58.3 Å². The van der Waals surface area contributed by atoms with Crippen LogP contribution in [0, 0.1) is 0 Å². The molecule has 0 spiro atoms. The van der Waals surface area contributed by atoms with Gasteiger partial charge in [0.2, 0.25) is 10.0 Å². The summed E-state index contributed by atoms with van der Waals surface area (Å²) in [5.74, 6) is 1.66. The Kier molecular flexibility index (Phi) is 7.23. The third-order valence-electron chi connectivity index (χ3n) is 3.74. The lowest BCUT2D eigenvalue weighted by Gasteiger charge is -2.20. The lowest BCUT2D eigenvalue weighted by molar-refractivity contribution is 0.591. The molecule has 8 heteroatoms. The van der Waals surface area contributed by atoms with Gasteiger partial charge in [-0.1, -0.05) is 18.2 Å². The highest BCUT2D eigenvalue weighted by Crippen LogP contribution is 2.29. The van der Waals surface area contributed by atoms with Crippen molar-refractivity contribution >= 4 is 33.4 Å². The minimum Gasteiger partial charge on any atom is -0.357 e. The summed E-state index contributed by atoms with van der Waals surface area (Å²) in [5.41, 5.74) is 1.92. The molecule has 0 unspecified atom stereocenters. The number of rotatable bonds is 8. The van der Waals surface area contributed by atoms with Gasteiger partial charge in [-0.3, -0.25) is 9.30 Å². The van der Waals surface area contributed by atoms with Crippen LogP contribution in [-0.2, 0) is 16.4 Å². The standard InChI is InChI=1S/C16H26N4O2S2/c1-3-17-16(18-9-12-23-2)19-10-13-24(21,22)20-11-8-14-6-4-5-7-15(14)20/h4-7H,3,8-13H2,1-2H3,(H2,17,18,19). The number of nitrogens with one attached hydrogen (secondary N) is 2. The molecule has 0 aromatic heterocycles. The van der Waals surface area contributed by atoms with Crippen LogP contribution in [0.1, 0.15) is 12.5 Å². The van der Waals surface area contributed by atoms with Crippen molar-refractivity contribution in [3.05, 3.63) is 29.8 Å². The van der Waals surface area contributed by atoms with Gasteiger partial charge in [0.1, 0.15) is 0 Å². The normalized spacial score (nSPS) is 14.6. The van der Waals surface area contributed by atoms with Crippen molar-refractivity contribution in [1.82, 2.24) is 10.6 Å². The van der Waals surface area contributed by atoms with Crippen molar-refractivity contribution in [3.8, 4) is 0 Å². The van der Waals surface area contributed by atoms with E-state index < -0.39 is 10.0 Å². The van der Waals surface area contributed by atoms with E-state index in [1.165, 1.54) is 4.31 Å². The van der Waals surface area contributed by atoms with E-state index in [4.69, 9.17) is 0 Å². The van der Waals surface area contributed by atoms with E-state index >= 15 is 0 Å². The molecule has 2 rings (SSSR count). The molecule has 1 aliphatic heterocycles. The highest BCUT2D eigenvalue weighted by molar-refractivity contribution is 7.98. The molecule has 2 N–H and O–H groups in total. The third-order valence-corrected chi connectivity index (χ3v) is 6.10. The van der Waals surface area contributed by atoms with Crippen LogP contribution in [0.15, 0.2) is 29.3 Å². The monoisotopic (exact) mass is 370 g/mol. The highest BCUT2D eigenvalue weighted by atomic mass is 32.2. The zero-order chi connectivity index (χ0) is 17.4. The minimum absolute atomic E-state index is 0.0499. The summed E-state index contributed by atoms with van der Waals surface area (Å²) in [6.07, 6.45) is 2.82. The van der Waals surface area contributed by atoms with Crippen LogP contribution in [0.2, 0.25) is 0 Å².